The van der Waals surface area contributed by atoms with E-state index in [1.54, 1.807) is 26.1 Å². The van der Waals surface area contributed by atoms with Gasteiger partial charge in [0, 0.05) is 19.7 Å². The van der Waals surface area contributed by atoms with Crippen molar-refractivity contribution in [3.8, 4) is 0 Å². The maximum atomic E-state index is 12.4. The van der Waals surface area contributed by atoms with Gasteiger partial charge in [-0.15, -0.1) is 11.3 Å². The lowest BCUT2D eigenvalue weighted by molar-refractivity contribution is -0.385. The van der Waals surface area contributed by atoms with E-state index in [1.165, 1.54) is 22.3 Å². The van der Waals surface area contributed by atoms with E-state index in [1.807, 2.05) is 11.4 Å². The molecule has 2 rings (SSSR count). The first-order valence-corrected chi connectivity index (χ1v) is 7.79. The van der Waals surface area contributed by atoms with Crippen molar-refractivity contribution in [3.05, 3.63) is 60.2 Å². The molecule has 2 aromatic rings. The van der Waals surface area contributed by atoms with E-state index in [2.05, 4.69) is 15.9 Å². The van der Waals surface area contributed by atoms with Crippen LogP contribution in [0.5, 0.6) is 0 Å². The molecule has 0 saturated heterocycles. The van der Waals surface area contributed by atoms with Crippen LogP contribution in [0.4, 0.5) is 5.69 Å². The Hall–Kier alpha value is -1.73. The number of benzene rings is 1. The zero-order chi connectivity index (χ0) is 15.6. The van der Waals surface area contributed by atoms with Crippen LogP contribution in [0.1, 0.15) is 21.5 Å². The van der Waals surface area contributed by atoms with Crippen molar-refractivity contribution in [3.63, 3.8) is 0 Å². The highest BCUT2D eigenvalue weighted by Gasteiger charge is 2.23. The number of hydrogen-bond acceptors (Lipinski definition) is 4. The topological polar surface area (TPSA) is 63.5 Å². The SMILES string of the molecule is Cc1ccc([N+](=O)[O-])c(C(=O)N(C)Cc2csc(Br)c2)c1. The summed E-state index contributed by atoms with van der Waals surface area (Å²) in [5.41, 5.74) is 1.76. The smallest absolute Gasteiger partial charge is 0.282 e. The van der Waals surface area contributed by atoms with Gasteiger partial charge in [0.1, 0.15) is 5.56 Å². The third-order valence-corrected chi connectivity index (χ3v) is 4.52. The van der Waals surface area contributed by atoms with Gasteiger partial charge in [0.05, 0.1) is 8.71 Å². The molecule has 110 valence electrons. The number of hydrogen-bond donors (Lipinski definition) is 0. The molecule has 21 heavy (non-hydrogen) atoms. The highest BCUT2D eigenvalue weighted by Crippen LogP contribution is 2.24. The quantitative estimate of drug-likeness (QED) is 0.605. The minimum atomic E-state index is -0.526. The number of aryl methyl sites for hydroxylation is 1. The Balaban J connectivity index is 2.26. The molecule has 0 saturated carbocycles. The molecule has 0 N–H and O–H groups in total. The van der Waals surface area contributed by atoms with Crippen molar-refractivity contribution in [1.82, 2.24) is 4.90 Å². The van der Waals surface area contributed by atoms with Crippen LogP contribution >= 0.6 is 27.3 Å². The standard InChI is InChI=1S/C14H13BrN2O3S/c1-9-3-4-12(17(19)20)11(5-9)14(18)16(2)7-10-6-13(15)21-8-10/h3-6,8H,7H2,1-2H3. The molecular weight excluding hydrogens is 356 g/mol. The highest BCUT2D eigenvalue weighted by molar-refractivity contribution is 9.11. The van der Waals surface area contributed by atoms with Crippen LogP contribution < -0.4 is 0 Å². The monoisotopic (exact) mass is 368 g/mol. The van der Waals surface area contributed by atoms with Crippen molar-refractivity contribution in [2.24, 2.45) is 0 Å². The van der Waals surface area contributed by atoms with Crippen LogP contribution in [0.15, 0.2) is 33.4 Å². The maximum Gasteiger partial charge on any atom is 0.282 e. The van der Waals surface area contributed by atoms with Gasteiger partial charge in [0.15, 0.2) is 0 Å². The number of rotatable bonds is 4. The molecule has 7 heteroatoms. The minimum Gasteiger partial charge on any atom is -0.337 e. The van der Waals surface area contributed by atoms with Gasteiger partial charge in [-0.1, -0.05) is 6.07 Å². The summed E-state index contributed by atoms with van der Waals surface area (Å²) in [5, 5.41) is 13.0. The number of nitro groups is 1. The van der Waals surface area contributed by atoms with Crippen molar-refractivity contribution in [1.29, 1.82) is 0 Å². The number of nitrogens with zero attached hydrogens (tertiary/aromatic N) is 2. The Morgan fingerprint density at radius 3 is 2.71 bits per heavy atom. The van der Waals surface area contributed by atoms with Gasteiger partial charge in [-0.2, -0.15) is 0 Å². The van der Waals surface area contributed by atoms with E-state index in [0.29, 0.717) is 6.54 Å². The Kier molecular flexibility index (Phi) is 4.74. The zero-order valence-electron chi connectivity index (χ0n) is 11.5. The van der Waals surface area contributed by atoms with Crippen LogP contribution in [0, 0.1) is 17.0 Å². The van der Waals surface area contributed by atoms with Crippen molar-refractivity contribution in [2.75, 3.05) is 7.05 Å². The lowest BCUT2D eigenvalue weighted by atomic mass is 10.1. The van der Waals surface area contributed by atoms with Crippen molar-refractivity contribution >= 4 is 38.9 Å². The van der Waals surface area contributed by atoms with Gasteiger partial charge < -0.3 is 4.90 Å². The largest absolute Gasteiger partial charge is 0.337 e. The summed E-state index contributed by atoms with van der Waals surface area (Å²) in [6.45, 7) is 2.21. The molecule has 0 fully saturated rings. The number of amides is 1. The second kappa shape index (κ2) is 6.36. The average Bonchev–Trinajstić information content (AvgIpc) is 2.82. The van der Waals surface area contributed by atoms with E-state index < -0.39 is 4.92 Å². The molecule has 0 spiro atoms. The lowest BCUT2D eigenvalue weighted by Gasteiger charge is -2.16. The van der Waals surface area contributed by atoms with Crippen LogP contribution in [0.25, 0.3) is 0 Å². The molecule has 1 heterocycles. The number of thiophene rings is 1. The minimum absolute atomic E-state index is 0.122. The summed E-state index contributed by atoms with van der Waals surface area (Å²) in [4.78, 5) is 24.5. The summed E-state index contributed by atoms with van der Waals surface area (Å²) >= 11 is 4.90. The third-order valence-electron chi connectivity index (χ3n) is 2.97. The second-order valence-corrected chi connectivity index (χ2v) is 6.99. The van der Waals surface area contributed by atoms with Gasteiger partial charge >= 0.3 is 0 Å². The number of carbonyl (C=O) groups is 1. The molecular formula is C14H13BrN2O3S. The Morgan fingerprint density at radius 2 is 2.14 bits per heavy atom. The van der Waals surface area contributed by atoms with Gasteiger partial charge in [0.2, 0.25) is 0 Å². The predicted octanol–water partition coefficient (Wildman–Crippen LogP) is 4.00. The molecule has 1 aromatic heterocycles. The first-order chi connectivity index (χ1) is 9.88. The molecule has 1 amide bonds. The van der Waals surface area contributed by atoms with Crippen LogP contribution in [0.3, 0.4) is 0 Å². The second-order valence-electron chi connectivity index (χ2n) is 4.70. The Bertz CT molecular complexity index is 699. The van der Waals surface area contributed by atoms with E-state index in [9.17, 15) is 14.9 Å². The van der Waals surface area contributed by atoms with E-state index in [4.69, 9.17) is 0 Å². The Morgan fingerprint density at radius 1 is 1.43 bits per heavy atom. The normalized spacial score (nSPS) is 10.4. The fraction of sp³-hybridized carbons (Fsp3) is 0.214. The molecule has 0 radical (unpaired) electrons. The van der Waals surface area contributed by atoms with Crippen molar-refractivity contribution in [2.45, 2.75) is 13.5 Å². The Labute approximate surface area is 134 Å². The summed E-state index contributed by atoms with van der Waals surface area (Å²) in [6, 6.07) is 6.49. The molecule has 0 aliphatic carbocycles. The number of carbonyl (C=O) groups excluding carboxylic acids is 1. The van der Waals surface area contributed by atoms with Crippen LogP contribution in [0.2, 0.25) is 0 Å². The maximum absolute atomic E-state index is 12.4. The van der Waals surface area contributed by atoms with Crippen LogP contribution in [-0.4, -0.2) is 22.8 Å². The van der Waals surface area contributed by atoms with E-state index in [-0.39, 0.29) is 17.2 Å². The lowest BCUT2D eigenvalue weighted by Crippen LogP contribution is -2.26. The zero-order valence-corrected chi connectivity index (χ0v) is 13.9. The molecule has 0 bridgehead atoms. The summed E-state index contributed by atoms with van der Waals surface area (Å²) in [6.07, 6.45) is 0. The average molecular weight is 369 g/mol. The van der Waals surface area contributed by atoms with Gasteiger partial charge in [-0.3, -0.25) is 14.9 Å². The van der Waals surface area contributed by atoms with E-state index >= 15 is 0 Å². The molecule has 1 aromatic carbocycles. The summed E-state index contributed by atoms with van der Waals surface area (Å²) < 4.78 is 0.986. The molecule has 5 nitrogen and oxygen atoms in total. The fourth-order valence-corrected chi connectivity index (χ4v) is 3.16. The van der Waals surface area contributed by atoms with E-state index in [0.717, 1.165) is 14.9 Å². The van der Waals surface area contributed by atoms with Gasteiger partial charge in [-0.05, 0) is 51.5 Å². The predicted molar refractivity (Wildman–Crippen MR) is 85.6 cm³/mol. The molecule has 0 aliphatic heterocycles. The van der Waals surface area contributed by atoms with Gasteiger partial charge in [-0.25, -0.2) is 0 Å². The summed E-state index contributed by atoms with van der Waals surface area (Å²) in [5.74, 6) is -0.354. The first-order valence-electron chi connectivity index (χ1n) is 6.12. The summed E-state index contributed by atoms with van der Waals surface area (Å²) in [7, 11) is 1.64. The first kappa shape index (κ1) is 15.7. The third kappa shape index (κ3) is 3.68. The highest BCUT2D eigenvalue weighted by atomic mass is 79.9. The molecule has 0 unspecified atom stereocenters. The fourth-order valence-electron chi connectivity index (χ4n) is 1.96. The van der Waals surface area contributed by atoms with Crippen LogP contribution in [-0.2, 0) is 6.54 Å². The number of nitro benzene ring substituents is 1. The van der Waals surface area contributed by atoms with Gasteiger partial charge in [0.25, 0.3) is 11.6 Å². The molecule has 0 aliphatic rings. The number of halogens is 1. The van der Waals surface area contributed by atoms with Crippen molar-refractivity contribution < 1.29 is 9.72 Å². The molecule has 0 atom stereocenters.